The van der Waals surface area contributed by atoms with E-state index in [4.69, 9.17) is 0 Å². The molecular formula is C22H18FN3O2S. The number of halogens is 1. The molecular weight excluding hydrogens is 389 g/mol. The molecule has 7 heteroatoms. The van der Waals surface area contributed by atoms with Crippen LogP contribution in [0.5, 0.6) is 0 Å². The minimum Gasteiger partial charge on any atom is -0.342 e. The highest BCUT2D eigenvalue weighted by molar-refractivity contribution is 7.89. The minimum atomic E-state index is -3.86. The maximum absolute atomic E-state index is 13.0. The van der Waals surface area contributed by atoms with Gasteiger partial charge in [-0.1, -0.05) is 48.5 Å². The first-order valence-corrected chi connectivity index (χ1v) is 10.4. The number of aromatic nitrogens is 1. The molecule has 0 unspecified atom stereocenters. The van der Waals surface area contributed by atoms with Gasteiger partial charge in [-0.25, -0.2) is 9.22 Å². The number of nitrogens with zero attached hydrogens (tertiary/aromatic N) is 2. The van der Waals surface area contributed by atoms with Gasteiger partial charge >= 0.3 is 0 Å². The predicted molar refractivity (Wildman–Crippen MR) is 112 cm³/mol. The van der Waals surface area contributed by atoms with Gasteiger partial charge in [-0.3, -0.25) is 0 Å². The molecule has 1 heterocycles. The van der Waals surface area contributed by atoms with Crippen LogP contribution < -0.4 is 4.83 Å². The maximum atomic E-state index is 13.0. The Labute approximate surface area is 168 Å². The lowest BCUT2D eigenvalue weighted by atomic mass is 10.2. The van der Waals surface area contributed by atoms with Crippen LogP contribution in [0.2, 0.25) is 0 Å². The van der Waals surface area contributed by atoms with Gasteiger partial charge in [0, 0.05) is 29.2 Å². The fourth-order valence-electron chi connectivity index (χ4n) is 3.12. The maximum Gasteiger partial charge on any atom is 0.276 e. The van der Waals surface area contributed by atoms with Crippen molar-refractivity contribution < 1.29 is 12.8 Å². The Hall–Kier alpha value is -3.45. The molecule has 1 aromatic heterocycles. The van der Waals surface area contributed by atoms with Crippen molar-refractivity contribution in [2.45, 2.75) is 11.4 Å². The van der Waals surface area contributed by atoms with E-state index in [1.165, 1.54) is 18.3 Å². The highest BCUT2D eigenvalue weighted by Gasteiger charge is 2.13. The molecule has 5 nitrogen and oxygen atoms in total. The molecule has 3 aromatic carbocycles. The predicted octanol–water partition coefficient (Wildman–Crippen LogP) is 4.14. The summed E-state index contributed by atoms with van der Waals surface area (Å²) in [4.78, 5) is 2.12. The number of hydrazone groups is 1. The summed E-state index contributed by atoms with van der Waals surface area (Å²) in [5.41, 5.74) is 2.98. The lowest BCUT2D eigenvalue weighted by molar-refractivity contribution is 0.583. The standard InChI is InChI=1S/C22H18FN3O2S/c23-19-10-12-20(13-11-19)29(27,28)25-24-14-18-16-26(15-17-6-2-1-3-7-17)22-9-5-4-8-21(18)22/h1-14,16,25H,15H2/b24-14-. The Balaban J connectivity index is 1.60. The van der Waals surface area contributed by atoms with E-state index < -0.39 is 15.8 Å². The number of nitrogens with one attached hydrogen (secondary N) is 1. The van der Waals surface area contributed by atoms with E-state index in [1.54, 1.807) is 0 Å². The molecule has 0 aliphatic carbocycles. The number of benzene rings is 3. The first kappa shape index (κ1) is 18.9. The molecule has 0 amide bonds. The summed E-state index contributed by atoms with van der Waals surface area (Å²) in [6.45, 7) is 0.691. The van der Waals surface area contributed by atoms with Gasteiger partial charge in [0.25, 0.3) is 10.0 Å². The van der Waals surface area contributed by atoms with Crippen LogP contribution in [0.25, 0.3) is 10.9 Å². The Morgan fingerprint density at radius 1 is 0.931 bits per heavy atom. The molecule has 4 rings (SSSR count). The largest absolute Gasteiger partial charge is 0.342 e. The molecule has 0 aliphatic heterocycles. The third-order valence-corrected chi connectivity index (χ3v) is 5.75. The molecule has 0 atom stereocenters. The Kier molecular flexibility index (Phi) is 5.14. The molecule has 0 spiro atoms. The Morgan fingerprint density at radius 3 is 2.38 bits per heavy atom. The third kappa shape index (κ3) is 4.20. The zero-order valence-electron chi connectivity index (χ0n) is 15.4. The molecule has 0 bridgehead atoms. The average Bonchev–Trinajstić information content (AvgIpc) is 3.07. The summed E-state index contributed by atoms with van der Waals surface area (Å²) in [5, 5.41) is 4.88. The summed E-state index contributed by atoms with van der Waals surface area (Å²) < 4.78 is 39.7. The van der Waals surface area contributed by atoms with Gasteiger partial charge < -0.3 is 4.57 Å². The number of hydrogen-bond acceptors (Lipinski definition) is 3. The van der Waals surface area contributed by atoms with Crippen LogP contribution in [-0.4, -0.2) is 19.2 Å². The van der Waals surface area contributed by atoms with Gasteiger partial charge in [-0.15, -0.1) is 0 Å². The zero-order chi connectivity index (χ0) is 20.3. The van der Waals surface area contributed by atoms with Crippen LogP contribution in [0.1, 0.15) is 11.1 Å². The van der Waals surface area contributed by atoms with Gasteiger partial charge in [0.15, 0.2) is 0 Å². The fraction of sp³-hybridized carbons (Fsp3) is 0.0455. The molecule has 0 radical (unpaired) electrons. The van der Waals surface area contributed by atoms with E-state index in [-0.39, 0.29) is 4.90 Å². The molecule has 146 valence electrons. The van der Waals surface area contributed by atoms with E-state index in [0.29, 0.717) is 6.54 Å². The second-order valence-electron chi connectivity index (χ2n) is 6.52. The molecule has 0 fully saturated rings. The van der Waals surface area contributed by atoms with Crippen molar-refractivity contribution in [2.24, 2.45) is 5.10 Å². The second-order valence-corrected chi connectivity index (χ2v) is 8.18. The van der Waals surface area contributed by atoms with Crippen LogP contribution >= 0.6 is 0 Å². The number of para-hydroxylation sites is 1. The number of rotatable bonds is 6. The van der Waals surface area contributed by atoms with E-state index in [2.05, 4.69) is 26.6 Å². The van der Waals surface area contributed by atoms with E-state index in [1.807, 2.05) is 48.7 Å². The van der Waals surface area contributed by atoms with Crippen molar-refractivity contribution in [2.75, 3.05) is 0 Å². The molecule has 29 heavy (non-hydrogen) atoms. The van der Waals surface area contributed by atoms with Gasteiger partial charge in [-0.05, 0) is 35.9 Å². The monoisotopic (exact) mass is 407 g/mol. The number of fused-ring (bicyclic) bond motifs is 1. The van der Waals surface area contributed by atoms with Gasteiger partial charge in [0.1, 0.15) is 5.82 Å². The second kappa shape index (κ2) is 7.89. The van der Waals surface area contributed by atoms with Crippen LogP contribution in [0.3, 0.4) is 0 Å². The number of hydrogen-bond donors (Lipinski definition) is 1. The molecule has 0 saturated carbocycles. The normalized spacial score (nSPS) is 11.9. The number of sulfonamides is 1. The van der Waals surface area contributed by atoms with Crippen molar-refractivity contribution in [3.8, 4) is 0 Å². The molecule has 0 aliphatic rings. The Morgan fingerprint density at radius 2 is 1.62 bits per heavy atom. The topological polar surface area (TPSA) is 63.5 Å². The fourth-order valence-corrected chi connectivity index (χ4v) is 3.91. The van der Waals surface area contributed by atoms with Crippen molar-refractivity contribution in [1.82, 2.24) is 9.40 Å². The summed E-state index contributed by atoms with van der Waals surface area (Å²) in [6, 6.07) is 22.5. The lowest BCUT2D eigenvalue weighted by Crippen LogP contribution is -2.18. The Bertz CT molecular complexity index is 1260. The quantitative estimate of drug-likeness (QED) is 0.386. The summed E-state index contributed by atoms with van der Waals surface area (Å²) in [6.07, 6.45) is 3.41. The first-order chi connectivity index (χ1) is 14.0. The third-order valence-electron chi connectivity index (χ3n) is 4.52. The summed E-state index contributed by atoms with van der Waals surface area (Å²) in [5.74, 6) is -0.501. The smallest absolute Gasteiger partial charge is 0.276 e. The molecule has 1 N–H and O–H groups in total. The van der Waals surface area contributed by atoms with Crippen LogP contribution in [0.4, 0.5) is 4.39 Å². The van der Waals surface area contributed by atoms with E-state index in [0.717, 1.165) is 34.2 Å². The molecule has 4 aromatic rings. The van der Waals surface area contributed by atoms with Crippen LogP contribution in [0, 0.1) is 5.82 Å². The van der Waals surface area contributed by atoms with Crippen molar-refractivity contribution in [3.63, 3.8) is 0 Å². The highest BCUT2D eigenvalue weighted by atomic mass is 32.2. The SMILES string of the molecule is O=S(=O)(N/N=C\c1cn(Cc2ccccc2)c2ccccc12)c1ccc(F)cc1. The average molecular weight is 407 g/mol. The first-order valence-electron chi connectivity index (χ1n) is 8.95. The minimum absolute atomic E-state index is 0.0532. The van der Waals surface area contributed by atoms with Gasteiger partial charge in [0.2, 0.25) is 0 Å². The van der Waals surface area contributed by atoms with Crippen molar-refractivity contribution >= 4 is 27.1 Å². The van der Waals surface area contributed by atoms with Gasteiger partial charge in [-0.2, -0.15) is 13.5 Å². The van der Waals surface area contributed by atoms with Crippen molar-refractivity contribution in [1.29, 1.82) is 0 Å². The van der Waals surface area contributed by atoms with Crippen LogP contribution in [-0.2, 0) is 16.6 Å². The highest BCUT2D eigenvalue weighted by Crippen LogP contribution is 2.21. The summed E-state index contributed by atoms with van der Waals surface area (Å²) >= 11 is 0. The summed E-state index contributed by atoms with van der Waals surface area (Å²) in [7, 11) is -3.86. The van der Waals surface area contributed by atoms with E-state index >= 15 is 0 Å². The van der Waals surface area contributed by atoms with Gasteiger partial charge in [0.05, 0.1) is 11.1 Å². The van der Waals surface area contributed by atoms with Crippen molar-refractivity contribution in [3.05, 3.63) is 102 Å². The molecule has 0 saturated heterocycles. The van der Waals surface area contributed by atoms with E-state index in [9.17, 15) is 12.8 Å². The van der Waals surface area contributed by atoms with Crippen LogP contribution in [0.15, 0.2) is 95.1 Å². The lowest BCUT2D eigenvalue weighted by Gasteiger charge is -2.05. The zero-order valence-corrected chi connectivity index (χ0v) is 16.2.